The van der Waals surface area contributed by atoms with E-state index in [4.69, 9.17) is 16.6 Å². The number of hydrogen-bond donors (Lipinski definition) is 2. The Kier molecular flexibility index (Phi) is 11.6. The first kappa shape index (κ1) is 32.4. The Morgan fingerprint density at radius 2 is 1.56 bits per heavy atom. The number of rotatable bonds is 8. The van der Waals surface area contributed by atoms with E-state index in [-0.39, 0.29) is 37.3 Å². The first-order chi connectivity index (χ1) is 18.9. The van der Waals surface area contributed by atoms with Gasteiger partial charge in [-0.15, -0.1) is 24.8 Å². The van der Waals surface area contributed by atoms with Crippen LogP contribution >= 0.6 is 36.4 Å². The quantitative estimate of drug-likeness (QED) is 0.271. The maximum Gasteiger partial charge on any atom is 0.271 e. The highest BCUT2D eigenvalue weighted by Gasteiger charge is 2.24. The van der Waals surface area contributed by atoms with Gasteiger partial charge in [-0.25, -0.2) is 4.98 Å². The van der Waals surface area contributed by atoms with Crippen LogP contribution in [0.2, 0.25) is 5.02 Å². The standard InChI is InChI=1S/C31H34ClN5O2.2ClH/c1-22-27(32)14-9-15-28(22)36-18-16-35(17-19-36)21-26(38)20-33-31(39)29-23(2)37(25-12-7-4-8-13-25)30(34-29)24-10-5-3-6-11-24;;/h3-15,26,38H,16-21H2,1-2H3,(H,33,39);2*1H. The molecule has 1 saturated heterocycles. The van der Waals surface area contributed by atoms with E-state index >= 15 is 0 Å². The SMILES string of the molecule is Cc1c(Cl)cccc1N1CCN(CC(O)CNC(=O)c2nc(-c3ccccc3)n(-c3ccccc3)c2C)CC1.Cl.Cl. The van der Waals surface area contributed by atoms with E-state index in [1.54, 1.807) is 0 Å². The van der Waals surface area contributed by atoms with Crippen molar-refractivity contribution in [3.63, 3.8) is 0 Å². The number of carbonyl (C=O) groups excluding carboxylic acids is 1. The zero-order valence-corrected chi connectivity index (χ0v) is 25.6. The molecule has 1 fully saturated rings. The molecule has 4 aromatic rings. The zero-order chi connectivity index (χ0) is 27.4. The lowest BCUT2D eigenvalue weighted by atomic mass is 10.1. The van der Waals surface area contributed by atoms with Crippen LogP contribution in [0.25, 0.3) is 17.1 Å². The average Bonchev–Trinajstić information content (AvgIpc) is 3.31. The summed E-state index contributed by atoms with van der Waals surface area (Å²) in [6.07, 6.45) is -0.682. The molecular weight excluding hydrogens is 581 g/mol. The third kappa shape index (κ3) is 7.42. The molecular formula is C31H36Cl3N5O2. The van der Waals surface area contributed by atoms with Crippen molar-refractivity contribution in [2.45, 2.75) is 20.0 Å². The van der Waals surface area contributed by atoms with E-state index in [1.165, 1.54) is 0 Å². The second-order valence-corrected chi connectivity index (χ2v) is 10.3. The van der Waals surface area contributed by atoms with E-state index in [1.807, 2.05) is 91.2 Å². The molecule has 7 nitrogen and oxygen atoms in total. The number of carbonyl (C=O) groups is 1. The molecule has 0 spiro atoms. The molecule has 1 aliphatic rings. The molecule has 2 N–H and O–H groups in total. The Morgan fingerprint density at radius 1 is 0.927 bits per heavy atom. The van der Waals surface area contributed by atoms with E-state index < -0.39 is 6.10 Å². The second-order valence-electron chi connectivity index (χ2n) is 9.94. The number of anilines is 1. The van der Waals surface area contributed by atoms with Gasteiger partial charge in [0.25, 0.3) is 5.91 Å². The number of aromatic nitrogens is 2. The Balaban J connectivity index is 0.00000231. The van der Waals surface area contributed by atoms with Crippen molar-refractivity contribution in [1.29, 1.82) is 0 Å². The number of nitrogens with one attached hydrogen (secondary N) is 1. The number of imidazole rings is 1. The molecule has 41 heavy (non-hydrogen) atoms. The molecule has 10 heteroatoms. The van der Waals surface area contributed by atoms with Crippen LogP contribution in [0, 0.1) is 13.8 Å². The number of piperazine rings is 1. The topological polar surface area (TPSA) is 73.6 Å². The summed E-state index contributed by atoms with van der Waals surface area (Å²) in [6, 6.07) is 25.7. The van der Waals surface area contributed by atoms with Gasteiger partial charge >= 0.3 is 0 Å². The lowest BCUT2D eigenvalue weighted by molar-refractivity contribution is 0.0847. The van der Waals surface area contributed by atoms with E-state index in [9.17, 15) is 9.90 Å². The molecule has 1 unspecified atom stereocenters. The third-order valence-corrected chi connectivity index (χ3v) is 7.70. The van der Waals surface area contributed by atoms with Crippen LogP contribution in [0.1, 0.15) is 21.7 Å². The maximum absolute atomic E-state index is 13.2. The van der Waals surface area contributed by atoms with Crippen molar-refractivity contribution >= 4 is 48.0 Å². The largest absolute Gasteiger partial charge is 0.390 e. The average molecular weight is 617 g/mol. The fourth-order valence-electron chi connectivity index (χ4n) is 5.16. The van der Waals surface area contributed by atoms with Crippen LogP contribution in [0.15, 0.2) is 78.9 Å². The predicted octanol–water partition coefficient (Wildman–Crippen LogP) is 5.57. The van der Waals surface area contributed by atoms with Crippen LogP contribution in [-0.4, -0.2) is 70.8 Å². The molecule has 0 saturated carbocycles. The summed E-state index contributed by atoms with van der Waals surface area (Å²) in [5.41, 5.74) is 5.23. The van der Waals surface area contributed by atoms with Crippen molar-refractivity contribution < 1.29 is 9.90 Å². The molecule has 5 rings (SSSR count). The molecule has 2 heterocycles. The van der Waals surface area contributed by atoms with E-state index in [2.05, 4.69) is 21.2 Å². The number of amides is 1. The molecule has 1 atom stereocenters. The Labute approximate surface area is 259 Å². The maximum atomic E-state index is 13.2. The Bertz CT molecular complexity index is 1420. The molecule has 3 aromatic carbocycles. The number of halogens is 3. The summed E-state index contributed by atoms with van der Waals surface area (Å²) >= 11 is 6.31. The Hall–Kier alpha value is -3.07. The van der Waals surface area contributed by atoms with Crippen molar-refractivity contribution in [3.05, 3.63) is 101 Å². The van der Waals surface area contributed by atoms with Gasteiger partial charge in [0.15, 0.2) is 0 Å². The number of benzene rings is 3. The number of β-amino-alcohol motifs (C(OH)–C–C–N with tert-alkyl or cyclic N) is 1. The minimum atomic E-state index is -0.682. The van der Waals surface area contributed by atoms with Crippen molar-refractivity contribution in [1.82, 2.24) is 19.8 Å². The molecule has 218 valence electrons. The fraction of sp³-hybridized carbons (Fsp3) is 0.290. The molecule has 0 radical (unpaired) electrons. The normalized spacial score (nSPS) is 14.1. The van der Waals surface area contributed by atoms with Crippen molar-refractivity contribution in [2.24, 2.45) is 0 Å². The molecule has 1 amide bonds. The molecule has 1 aliphatic heterocycles. The van der Waals surface area contributed by atoms with Gasteiger partial charge in [0.2, 0.25) is 0 Å². The van der Waals surface area contributed by atoms with Crippen LogP contribution in [-0.2, 0) is 0 Å². The van der Waals surface area contributed by atoms with Gasteiger partial charge in [-0.3, -0.25) is 14.3 Å². The summed E-state index contributed by atoms with van der Waals surface area (Å²) < 4.78 is 2.00. The number of nitrogens with zero attached hydrogens (tertiary/aromatic N) is 4. The van der Waals surface area contributed by atoms with Crippen LogP contribution in [0.5, 0.6) is 0 Å². The van der Waals surface area contributed by atoms with Crippen molar-refractivity contribution in [3.8, 4) is 17.1 Å². The monoisotopic (exact) mass is 615 g/mol. The van der Waals surface area contributed by atoms with Gasteiger partial charge in [0.05, 0.1) is 11.8 Å². The smallest absolute Gasteiger partial charge is 0.271 e. The highest BCUT2D eigenvalue weighted by atomic mass is 35.5. The summed E-state index contributed by atoms with van der Waals surface area (Å²) in [7, 11) is 0. The minimum absolute atomic E-state index is 0. The van der Waals surface area contributed by atoms with E-state index in [0.29, 0.717) is 18.1 Å². The van der Waals surface area contributed by atoms with Gasteiger partial charge < -0.3 is 15.3 Å². The highest BCUT2D eigenvalue weighted by Crippen LogP contribution is 2.28. The number of hydrogen-bond acceptors (Lipinski definition) is 5. The van der Waals surface area contributed by atoms with Crippen molar-refractivity contribution in [2.75, 3.05) is 44.2 Å². The third-order valence-electron chi connectivity index (χ3n) is 7.29. The van der Waals surface area contributed by atoms with Gasteiger partial charge in [0, 0.05) is 61.2 Å². The predicted molar refractivity (Wildman–Crippen MR) is 171 cm³/mol. The van der Waals surface area contributed by atoms with Crippen LogP contribution in [0.3, 0.4) is 0 Å². The van der Waals surface area contributed by atoms with Crippen LogP contribution < -0.4 is 10.2 Å². The van der Waals surface area contributed by atoms with Gasteiger partial charge in [0.1, 0.15) is 11.5 Å². The number of para-hydroxylation sites is 1. The summed E-state index contributed by atoms with van der Waals surface area (Å²) in [5, 5.41) is 14.4. The van der Waals surface area contributed by atoms with E-state index in [0.717, 1.165) is 59.4 Å². The lowest BCUT2D eigenvalue weighted by Gasteiger charge is -2.37. The second kappa shape index (κ2) is 14.7. The first-order valence-electron chi connectivity index (χ1n) is 13.3. The summed E-state index contributed by atoms with van der Waals surface area (Å²) in [4.78, 5) is 22.5. The first-order valence-corrected chi connectivity index (χ1v) is 13.7. The minimum Gasteiger partial charge on any atom is -0.390 e. The summed E-state index contributed by atoms with van der Waals surface area (Å²) in [6.45, 7) is 7.98. The number of aliphatic hydroxyl groups is 1. The highest BCUT2D eigenvalue weighted by molar-refractivity contribution is 6.31. The van der Waals surface area contributed by atoms with Crippen LogP contribution in [0.4, 0.5) is 5.69 Å². The summed E-state index contributed by atoms with van der Waals surface area (Å²) in [5.74, 6) is 0.414. The molecule has 0 aliphatic carbocycles. The van der Waals surface area contributed by atoms with Gasteiger partial charge in [-0.2, -0.15) is 0 Å². The lowest BCUT2D eigenvalue weighted by Crippen LogP contribution is -2.50. The zero-order valence-electron chi connectivity index (χ0n) is 23.2. The molecule has 0 bridgehead atoms. The Morgan fingerprint density at radius 3 is 2.22 bits per heavy atom. The number of aliphatic hydroxyl groups excluding tert-OH is 1. The van der Waals surface area contributed by atoms with Gasteiger partial charge in [-0.05, 0) is 43.7 Å². The molecule has 1 aromatic heterocycles. The fourth-order valence-corrected chi connectivity index (χ4v) is 5.33. The van der Waals surface area contributed by atoms with Gasteiger partial charge in [-0.1, -0.05) is 66.2 Å².